The van der Waals surface area contributed by atoms with Crippen molar-refractivity contribution in [1.29, 1.82) is 0 Å². The summed E-state index contributed by atoms with van der Waals surface area (Å²) < 4.78 is 14.8. The number of ether oxygens (including phenoxy) is 3. The molecule has 2 amide bonds. The summed E-state index contributed by atoms with van der Waals surface area (Å²) in [6.07, 6.45) is 4.56. The Balaban J connectivity index is 2.50. The zero-order valence-electron chi connectivity index (χ0n) is 24.2. The number of methoxy groups -OCH3 is 1. The minimum Gasteiger partial charge on any atom is -0.465 e. The fourth-order valence-electron chi connectivity index (χ4n) is 4.08. The average molecular weight is 559 g/mol. The highest BCUT2D eigenvalue weighted by atomic mass is 16.6. The molecule has 0 bridgehead atoms. The molecule has 3 N–H and O–H groups in total. The number of rotatable bonds is 9. The van der Waals surface area contributed by atoms with Crippen LogP contribution in [0.5, 0.6) is 0 Å². The second-order valence-corrected chi connectivity index (χ2v) is 11.2. The topological polar surface area (TPSA) is 151 Å². The maximum atomic E-state index is 14.2. The molecule has 2 rings (SSSR count). The van der Waals surface area contributed by atoms with Crippen molar-refractivity contribution in [3.63, 3.8) is 0 Å². The Bertz CT molecular complexity index is 1180. The zero-order chi connectivity index (χ0) is 30.3. The number of carbonyl (C=O) groups excluding carboxylic acids is 5. The van der Waals surface area contributed by atoms with Gasteiger partial charge in [0.15, 0.2) is 12.0 Å². The zero-order valence-corrected chi connectivity index (χ0v) is 24.2. The van der Waals surface area contributed by atoms with E-state index in [1.807, 2.05) is 13.8 Å². The van der Waals surface area contributed by atoms with Crippen LogP contribution in [0, 0.1) is 11.8 Å². The van der Waals surface area contributed by atoms with Crippen LogP contribution in [0.1, 0.15) is 75.1 Å². The molecule has 0 saturated heterocycles. The van der Waals surface area contributed by atoms with E-state index < -0.39 is 51.9 Å². The number of nitrogens with one attached hydrogen (secondary N) is 1. The molecule has 1 heterocycles. The molecule has 40 heavy (non-hydrogen) atoms. The van der Waals surface area contributed by atoms with E-state index in [2.05, 4.69) is 5.43 Å². The summed E-state index contributed by atoms with van der Waals surface area (Å²) in [5, 5.41) is 0. The van der Waals surface area contributed by atoms with Crippen molar-refractivity contribution in [2.45, 2.75) is 66.0 Å². The van der Waals surface area contributed by atoms with E-state index >= 15 is 0 Å². The first-order valence-corrected chi connectivity index (χ1v) is 13.1. The van der Waals surface area contributed by atoms with E-state index in [4.69, 9.17) is 19.9 Å². The van der Waals surface area contributed by atoms with E-state index in [0.29, 0.717) is 6.42 Å². The van der Waals surface area contributed by atoms with Gasteiger partial charge in [-0.1, -0.05) is 13.8 Å². The molecule has 0 aromatic heterocycles. The van der Waals surface area contributed by atoms with Crippen LogP contribution < -0.4 is 11.2 Å². The second kappa shape index (κ2) is 13.5. The molecular weight excluding hydrogens is 518 g/mol. The Morgan fingerprint density at radius 3 is 2.15 bits per heavy atom. The van der Waals surface area contributed by atoms with Crippen molar-refractivity contribution in [1.82, 2.24) is 5.43 Å². The number of esters is 3. The van der Waals surface area contributed by atoms with Gasteiger partial charge < -0.3 is 19.9 Å². The Labute approximate surface area is 234 Å². The molecule has 0 radical (unpaired) electrons. The van der Waals surface area contributed by atoms with Gasteiger partial charge in [-0.3, -0.25) is 9.59 Å². The van der Waals surface area contributed by atoms with Crippen molar-refractivity contribution in [2.24, 2.45) is 17.6 Å². The number of amides is 2. The van der Waals surface area contributed by atoms with Gasteiger partial charge in [-0.25, -0.2) is 14.4 Å². The Morgan fingerprint density at radius 2 is 1.62 bits per heavy atom. The normalized spacial score (nSPS) is 18.3. The molecule has 11 heteroatoms. The van der Waals surface area contributed by atoms with Gasteiger partial charge in [-0.05, 0) is 76.5 Å². The summed E-state index contributed by atoms with van der Waals surface area (Å²) in [6, 6.07) is 4.79. The average Bonchev–Trinajstić information content (AvgIpc) is 2.86. The molecule has 0 saturated carbocycles. The molecule has 1 aromatic carbocycles. The number of hydrogen-bond donors (Lipinski definition) is 2. The molecule has 0 spiro atoms. The lowest BCUT2D eigenvalue weighted by Crippen LogP contribution is -2.63. The number of carbonyl (C=O) groups is 5. The van der Waals surface area contributed by atoms with Gasteiger partial charge in [0.1, 0.15) is 18.2 Å². The number of quaternary nitrogens is 1. The van der Waals surface area contributed by atoms with Crippen molar-refractivity contribution in [2.75, 3.05) is 13.7 Å². The Kier molecular flexibility index (Phi) is 10.9. The predicted octanol–water partition coefficient (Wildman–Crippen LogP) is 3.16. The van der Waals surface area contributed by atoms with Gasteiger partial charge in [0.2, 0.25) is 0 Å². The van der Waals surface area contributed by atoms with Gasteiger partial charge >= 0.3 is 23.8 Å². The predicted molar refractivity (Wildman–Crippen MR) is 146 cm³/mol. The van der Waals surface area contributed by atoms with Crippen LogP contribution in [0.25, 0.3) is 0 Å². The third-order valence-corrected chi connectivity index (χ3v) is 5.81. The molecule has 0 fully saturated rings. The highest BCUT2D eigenvalue weighted by Crippen LogP contribution is 2.27. The van der Waals surface area contributed by atoms with Crippen LogP contribution >= 0.6 is 0 Å². The molecule has 3 atom stereocenters. The molecule has 0 aliphatic carbocycles. The van der Waals surface area contributed by atoms with Crippen LogP contribution in [0.15, 0.2) is 48.4 Å². The molecule has 1 aliphatic heterocycles. The maximum absolute atomic E-state index is 14.2. The van der Waals surface area contributed by atoms with Crippen LogP contribution in [0.4, 0.5) is 0 Å². The van der Waals surface area contributed by atoms with Crippen LogP contribution in [0.2, 0.25) is 0 Å². The third kappa shape index (κ3) is 9.13. The van der Waals surface area contributed by atoms with E-state index in [-0.39, 0.29) is 35.8 Å². The third-order valence-electron chi connectivity index (χ3n) is 5.81. The second-order valence-electron chi connectivity index (χ2n) is 11.2. The number of allylic oxidation sites excluding steroid dienone is 1. The fraction of sp³-hybridized carbons (Fsp3) is 0.483. The van der Waals surface area contributed by atoms with E-state index in [1.165, 1.54) is 50.6 Å². The molecule has 11 nitrogen and oxygen atoms in total. The van der Waals surface area contributed by atoms with Crippen LogP contribution in [-0.4, -0.2) is 59.6 Å². The lowest BCUT2D eigenvalue weighted by Gasteiger charge is -2.35. The first kappa shape index (κ1) is 32.4. The van der Waals surface area contributed by atoms with Crippen LogP contribution in [-0.2, 0) is 28.6 Å². The van der Waals surface area contributed by atoms with E-state index in [9.17, 15) is 24.0 Å². The minimum absolute atomic E-state index is 0.00698. The number of nitrogens with zero attached hydrogens (tertiary/aromatic N) is 1. The highest BCUT2D eigenvalue weighted by molar-refractivity contribution is 5.96. The van der Waals surface area contributed by atoms with E-state index in [1.54, 1.807) is 26.8 Å². The molecule has 2 unspecified atom stereocenters. The maximum Gasteiger partial charge on any atom is 0.346 e. The smallest absolute Gasteiger partial charge is 0.346 e. The van der Waals surface area contributed by atoms with Crippen molar-refractivity contribution in [3.05, 3.63) is 59.5 Å². The summed E-state index contributed by atoms with van der Waals surface area (Å²) in [7, 11) is 1.25. The monoisotopic (exact) mass is 558 g/mol. The van der Waals surface area contributed by atoms with Crippen LogP contribution in [0.3, 0.4) is 0 Å². The van der Waals surface area contributed by atoms with Crippen molar-refractivity contribution < 1.29 is 42.8 Å². The first-order chi connectivity index (χ1) is 18.6. The van der Waals surface area contributed by atoms with Gasteiger partial charge in [0.05, 0.1) is 25.0 Å². The lowest BCUT2D eigenvalue weighted by atomic mass is 9.92. The summed E-state index contributed by atoms with van der Waals surface area (Å²) in [4.78, 5) is 64.4. The van der Waals surface area contributed by atoms with Gasteiger partial charge in [0.25, 0.3) is 5.91 Å². The fourth-order valence-corrected chi connectivity index (χ4v) is 4.08. The summed E-state index contributed by atoms with van der Waals surface area (Å²) >= 11 is 0. The summed E-state index contributed by atoms with van der Waals surface area (Å²) in [5.41, 5.74) is 8.06. The van der Waals surface area contributed by atoms with Gasteiger partial charge in [-0.15, -0.1) is 4.59 Å². The minimum atomic E-state index is -0.919. The number of benzene rings is 1. The van der Waals surface area contributed by atoms with Gasteiger partial charge in [-0.2, -0.15) is 5.43 Å². The molecular formula is C29H40N3O8+. The van der Waals surface area contributed by atoms with E-state index in [0.717, 1.165) is 0 Å². The number of hydrogen-bond acceptors (Lipinski definition) is 9. The van der Waals surface area contributed by atoms with Crippen molar-refractivity contribution in [3.8, 4) is 0 Å². The van der Waals surface area contributed by atoms with Gasteiger partial charge in [0, 0.05) is 5.56 Å². The Hall–Kier alpha value is -3.83. The Morgan fingerprint density at radius 1 is 1.02 bits per heavy atom. The summed E-state index contributed by atoms with van der Waals surface area (Å²) in [6.45, 7) is 10.5. The lowest BCUT2D eigenvalue weighted by molar-refractivity contribution is -0.836. The first-order valence-electron chi connectivity index (χ1n) is 13.1. The quantitative estimate of drug-likeness (QED) is 0.265. The summed E-state index contributed by atoms with van der Waals surface area (Å²) in [5.74, 6) is -3.72. The molecule has 1 aromatic rings. The highest BCUT2D eigenvalue weighted by Gasteiger charge is 2.45. The molecule has 218 valence electrons. The SMILES string of the molecule is COC(=O)c1ccc(C(=O)N[N+]2(C(=O)C(CC(=O)OC(C)(C)C)CC(C)C)C=C(OC(=O)[C@H](C)N)C=CC2)cc1. The molecule has 1 aliphatic rings. The largest absolute Gasteiger partial charge is 0.465 e. The number of nitrogens with two attached hydrogens (primary N) is 1. The van der Waals surface area contributed by atoms with Crippen molar-refractivity contribution >= 4 is 29.7 Å². The standard InChI is InChI=1S/C29H39N3O8/c1-18(2)15-22(16-24(33)40-29(4,5)6)26(35)32(14-8-9-23(17-32)39-27(36)19(3)30)31-25(34)20-10-12-21(13-11-20)28(37)38-7/h8-13,17-19,22H,14-16,30H2,1-7H3/p+1/t19-,22?,32?/m0/s1.